The number of aromatic nitrogens is 1. The highest BCUT2D eigenvalue weighted by atomic mass is 79.9. The molecule has 0 fully saturated rings. The van der Waals surface area contributed by atoms with Gasteiger partial charge in [0, 0.05) is 4.47 Å². The molecule has 1 N–H and O–H groups in total. The lowest BCUT2D eigenvalue weighted by atomic mass is 10.4. The number of nitrogens with one attached hydrogen (secondary N) is 1. The summed E-state index contributed by atoms with van der Waals surface area (Å²) in [5.74, 6) is 0. The van der Waals surface area contributed by atoms with Crippen LogP contribution in [0.15, 0.2) is 15.1 Å². The van der Waals surface area contributed by atoms with Crippen LogP contribution in [0.3, 0.4) is 0 Å². The Kier molecular flexibility index (Phi) is 2.34. The van der Waals surface area contributed by atoms with Crippen molar-refractivity contribution in [2.24, 2.45) is 0 Å². The van der Waals surface area contributed by atoms with E-state index in [0.717, 1.165) is 0 Å². The molecule has 0 aromatic carbocycles. The van der Waals surface area contributed by atoms with Gasteiger partial charge in [0.05, 0.1) is 4.60 Å². The summed E-state index contributed by atoms with van der Waals surface area (Å²) in [4.78, 5) is 2.13. The van der Waals surface area contributed by atoms with Crippen LogP contribution in [-0.4, -0.2) is 4.98 Å². The van der Waals surface area contributed by atoms with Crippen molar-refractivity contribution >= 4 is 31.9 Å². The number of rotatable bonds is 0. The third kappa shape index (κ3) is 1.99. The van der Waals surface area contributed by atoms with Gasteiger partial charge in [-0.05, 0) is 37.9 Å². The largest absolute Gasteiger partial charge is 0.432 e. The predicted octanol–water partition coefficient (Wildman–Crippen LogP) is 3.56. The van der Waals surface area contributed by atoms with Gasteiger partial charge in [-0.2, -0.15) is 13.2 Å². The van der Waals surface area contributed by atoms with E-state index >= 15 is 0 Å². The van der Waals surface area contributed by atoms with Crippen LogP contribution in [0.1, 0.15) is 5.69 Å². The number of hydrogen-bond donors (Lipinski definition) is 1. The Morgan fingerprint density at radius 1 is 1.27 bits per heavy atom. The maximum absolute atomic E-state index is 12.0. The maximum atomic E-state index is 12.0. The van der Waals surface area contributed by atoms with Crippen molar-refractivity contribution in [2.75, 3.05) is 0 Å². The van der Waals surface area contributed by atoms with Crippen molar-refractivity contribution in [3.8, 4) is 0 Å². The van der Waals surface area contributed by atoms with Crippen LogP contribution in [-0.2, 0) is 6.18 Å². The van der Waals surface area contributed by atoms with Crippen molar-refractivity contribution < 1.29 is 13.2 Å². The normalized spacial score (nSPS) is 12.1. The summed E-state index contributed by atoms with van der Waals surface area (Å²) in [6, 6.07) is 1.31. The summed E-state index contributed by atoms with van der Waals surface area (Å²) in [5, 5.41) is 0. The van der Waals surface area contributed by atoms with E-state index in [1.54, 1.807) is 0 Å². The van der Waals surface area contributed by atoms with E-state index in [0.29, 0.717) is 4.60 Å². The number of H-pyrrole nitrogens is 1. The molecule has 0 aliphatic heterocycles. The molecule has 0 bridgehead atoms. The van der Waals surface area contributed by atoms with Crippen LogP contribution in [0.4, 0.5) is 13.2 Å². The molecule has 0 spiro atoms. The highest BCUT2D eigenvalue weighted by Crippen LogP contribution is 2.35. The predicted molar refractivity (Wildman–Crippen MR) is 41.2 cm³/mol. The van der Waals surface area contributed by atoms with Gasteiger partial charge in [0.2, 0.25) is 0 Å². The van der Waals surface area contributed by atoms with Gasteiger partial charge in [0.15, 0.2) is 0 Å². The van der Waals surface area contributed by atoms with E-state index in [9.17, 15) is 13.2 Å². The average molecular weight is 293 g/mol. The molecule has 1 aromatic rings. The van der Waals surface area contributed by atoms with E-state index in [4.69, 9.17) is 0 Å². The minimum absolute atomic E-state index is 0.0110. The summed E-state index contributed by atoms with van der Waals surface area (Å²) < 4.78 is 36.3. The number of hydrogen-bond acceptors (Lipinski definition) is 0. The molecule has 1 nitrogen and oxygen atoms in total. The lowest BCUT2D eigenvalue weighted by Crippen LogP contribution is -2.05. The molecule has 11 heavy (non-hydrogen) atoms. The van der Waals surface area contributed by atoms with Crippen molar-refractivity contribution in [1.82, 2.24) is 4.98 Å². The van der Waals surface area contributed by atoms with Gasteiger partial charge in [0.1, 0.15) is 5.69 Å². The van der Waals surface area contributed by atoms with E-state index in [1.165, 1.54) is 6.07 Å². The monoisotopic (exact) mass is 291 g/mol. The molecule has 1 heterocycles. The van der Waals surface area contributed by atoms with Gasteiger partial charge < -0.3 is 4.98 Å². The van der Waals surface area contributed by atoms with Crippen LogP contribution in [0.2, 0.25) is 0 Å². The fourth-order valence-electron chi connectivity index (χ4n) is 0.605. The maximum Gasteiger partial charge on any atom is 0.432 e. The zero-order valence-corrected chi connectivity index (χ0v) is 8.14. The van der Waals surface area contributed by atoms with Gasteiger partial charge >= 0.3 is 6.18 Å². The first-order chi connectivity index (χ1) is 4.91. The molecule has 0 amide bonds. The fraction of sp³-hybridized carbons (Fsp3) is 0.200. The Morgan fingerprint density at radius 3 is 2.00 bits per heavy atom. The van der Waals surface area contributed by atoms with E-state index < -0.39 is 11.9 Å². The van der Waals surface area contributed by atoms with E-state index in [2.05, 4.69) is 36.8 Å². The quantitative estimate of drug-likeness (QED) is 0.753. The topological polar surface area (TPSA) is 15.8 Å². The molecule has 0 aliphatic rings. The lowest BCUT2D eigenvalue weighted by molar-refractivity contribution is -0.141. The van der Waals surface area contributed by atoms with Gasteiger partial charge in [-0.15, -0.1) is 0 Å². The van der Waals surface area contributed by atoms with Gasteiger partial charge in [-0.3, -0.25) is 0 Å². The molecular weight excluding hydrogens is 291 g/mol. The summed E-state index contributed by atoms with van der Waals surface area (Å²) in [7, 11) is 0. The zero-order valence-electron chi connectivity index (χ0n) is 4.97. The minimum Gasteiger partial charge on any atom is -0.345 e. The second kappa shape index (κ2) is 2.82. The molecule has 0 saturated carbocycles. The third-order valence-corrected chi connectivity index (χ3v) is 2.07. The number of aromatic amines is 1. The zero-order chi connectivity index (χ0) is 8.65. The van der Waals surface area contributed by atoms with Gasteiger partial charge in [0.25, 0.3) is 0 Å². The van der Waals surface area contributed by atoms with E-state index in [1.807, 2.05) is 0 Å². The van der Waals surface area contributed by atoms with E-state index in [-0.39, 0.29) is 4.47 Å². The fourth-order valence-corrected chi connectivity index (χ4v) is 1.89. The van der Waals surface area contributed by atoms with Gasteiger partial charge in [-0.1, -0.05) is 0 Å². The first-order valence-electron chi connectivity index (χ1n) is 2.52. The van der Waals surface area contributed by atoms with Crippen molar-refractivity contribution in [2.45, 2.75) is 6.18 Å². The highest BCUT2D eigenvalue weighted by molar-refractivity contribution is 9.11. The van der Waals surface area contributed by atoms with Crippen LogP contribution in [0.25, 0.3) is 0 Å². The summed E-state index contributed by atoms with van der Waals surface area (Å²) in [5.41, 5.74) is -0.774. The summed E-state index contributed by atoms with van der Waals surface area (Å²) in [6.07, 6.45) is -4.33. The SMILES string of the molecule is FC(F)(F)c1[nH]c(Br)cc1Br. The first kappa shape index (κ1) is 9.12. The molecule has 6 heteroatoms. The van der Waals surface area contributed by atoms with Gasteiger partial charge in [-0.25, -0.2) is 0 Å². The first-order valence-corrected chi connectivity index (χ1v) is 4.11. The lowest BCUT2D eigenvalue weighted by Gasteiger charge is -2.02. The smallest absolute Gasteiger partial charge is 0.345 e. The number of alkyl halides is 3. The Balaban J connectivity index is 3.13. The molecule has 0 radical (unpaired) electrons. The Labute approximate surface area is 77.2 Å². The molecule has 0 saturated heterocycles. The van der Waals surface area contributed by atoms with Crippen molar-refractivity contribution in [3.05, 3.63) is 20.8 Å². The molecular formula is C5H2Br2F3N. The van der Waals surface area contributed by atoms with Crippen LogP contribution in [0, 0.1) is 0 Å². The molecule has 62 valence electrons. The van der Waals surface area contributed by atoms with Crippen LogP contribution < -0.4 is 0 Å². The second-order valence-corrected chi connectivity index (χ2v) is 3.55. The van der Waals surface area contributed by atoms with Crippen molar-refractivity contribution in [3.63, 3.8) is 0 Å². The average Bonchev–Trinajstić information content (AvgIpc) is 2.08. The standard InChI is InChI=1S/C5H2Br2F3N/c6-2-1-3(7)11-4(2)5(8,9)10/h1,11H. The minimum atomic E-state index is -4.33. The summed E-state index contributed by atoms with van der Waals surface area (Å²) in [6.45, 7) is 0. The summed E-state index contributed by atoms with van der Waals surface area (Å²) >= 11 is 5.66. The second-order valence-electron chi connectivity index (χ2n) is 1.84. The molecule has 0 aliphatic carbocycles. The molecule has 0 unspecified atom stereocenters. The van der Waals surface area contributed by atoms with Crippen LogP contribution >= 0.6 is 31.9 Å². The Hall–Kier alpha value is 0.0300. The number of halogens is 5. The van der Waals surface area contributed by atoms with Crippen LogP contribution in [0.5, 0.6) is 0 Å². The highest BCUT2D eigenvalue weighted by Gasteiger charge is 2.34. The van der Waals surface area contributed by atoms with Crippen molar-refractivity contribution in [1.29, 1.82) is 0 Å². The third-order valence-electron chi connectivity index (χ3n) is 1.02. The molecule has 0 atom stereocenters. The Bertz CT molecular complexity index is 265. The molecule has 1 aromatic heterocycles. The molecule has 1 rings (SSSR count). The Morgan fingerprint density at radius 2 is 1.82 bits per heavy atom.